The summed E-state index contributed by atoms with van der Waals surface area (Å²) in [6, 6.07) is 3.15. The normalized spacial score (nSPS) is 10.5. The van der Waals surface area contributed by atoms with Crippen LogP contribution in [0.3, 0.4) is 0 Å². The summed E-state index contributed by atoms with van der Waals surface area (Å²) < 4.78 is 5.54. The molecule has 0 fully saturated rings. The lowest BCUT2D eigenvalue weighted by Gasteiger charge is -2.16. The minimum absolute atomic E-state index is 0.226. The third-order valence-corrected chi connectivity index (χ3v) is 3.71. The quantitative estimate of drug-likeness (QED) is 0.648. The maximum absolute atomic E-state index is 12.1. The zero-order valence-corrected chi connectivity index (χ0v) is 14.0. The van der Waals surface area contributed by atoms with Gasteiger partial charge in [-0.1, -0.05) is 0 Å². The average molecular weight is 346 g/mol. The minimum atomic E-state index is -1.54. The minimum Gasteiger partial charge on any atom is -0.493 e. The van der Waals surface area contributed by atoms with Gasteiger partial charge in [-0.15, -0.1) is 0 Å². The number of carboxylic acids is 2. The highest BCUT2D eigenvalue weighted by atomic mass is 16.5. The summed E-state index contributed by atoms with van der Waals surface area (Å²) >= 11 is 0. The van der Waals surface area contributed by atoms with Gasteiger partial charge in [0.25, 0.3) is 5.56 Å². The lowest BCUT2D eigenvalue weighted by atomic mass is 9.92. The van der Waals surface area contributed by atoms with Crippen LogP contribution >= 0.6 is 0 Å². The van der Waals surface area contributed by atoms with Gasteiger partial charge in [-0.2, -0.15) is 0 Å². The van der Waals surface area contributed by atoms with Gasteiger partial charge < -0.3 is 25.7 Å². The molecule has 2 rings (SSSR count). The van der Waals surface area contributed by atoms with Crippen LogP contribution in [0.1, 0.15) is 38.8 Å². The van der Waals surface area contributed by atoms with Gasteiger partial charge in [-0.05, 0) is 49.6 Å². The van der Waals surface area contributed by atoms with Crippen LogP contribution in [0, 0.1) is 13.8 Å². The van der Waals surface area contributed by atoms with E-state index in [0.717, 1.165) is 0 Å². The fraction of sp³-hybridized carbons (Fsp3) is 0.235. The Balaban J connectivity index is 2.93. The number of nitrogens with two attached hydrogens (primary N) is 1. The van der Waals surface area contributed by atoms with Crippen LogP contribution in [0.15, 0.2) is 16.9 Å². The summed E-state index contributed by atoms with van der Waals surface area (Å²) in [5.41, 5.74) is 4.95. The first-order valence-electron chi connectivity index (χ1n) is 7.45. The van der Waals surface area contributed by atoms with E-state index < -0.39 is 34.4 Å². The molecule has 0 aliphatic rings. The fourth-order valence-electron chi connectivity index (χ4n) is 2.80. The van der Waals surface area contributed by atoms with Gasteiger partial charge in [0.2, 0.25) is 0 Å². The molecule has 1 aromatic heterocycles. The average Bonchev–Trinajstić information content (AvgIpc) is 2.48. The molecule has 0 bridgehead atoms. The number of aromatic carboxylic acids is 2. The highest BCUT2D eigenvalue weighted by molar-refractivity contribution is 6.07. The van der Waals surface area contributed by atoms with E-state index >= 15 is 0 Å². The molecule has 5 N–H and O–H groups in total. The zero-order chi connectivity index (χ0) is 18.9. The number of aromatic amines is 1. The van der Waals surface area contributed by atoms with Crippen molar-refractivity contribution in [2.75, 3.05) is 12.3 Å². The molecule has 25 heavy (non-hydrogen) atoms. The van der Waals surface area contributed by atoms with Crippen molar-refractivity contribution < 1.29 is 24.5 Å². The van der Waals surface area contributed by atoms with Crippen LogP contribution in [0.4, 0.5) is 5.82 Å². The predicted molar refractivity (Wildman–Crippen MR) is 91.5 cm³/mol. The molecule has 0 saturated carbocycles. The number of anilines is 1. The van der Waals surface area contributed by atoms with Crippen LogP contribution < -0.4 is 16.0 Å². The summed E-state index contributed by atoms with van der Waals surface area (Å²) in [5.74, 6) is -2.75. The third-order valence-electron chi connectivity index (χ3n) is 3.71. The number of hydrogen-bond donors (Lipinski definition) is 4. The second-order valence-electron chi connectivity index (χ2n) is 5.48. The number of aromatic nitrogens is 1. The number of nitrogens with one attached hydrogen (secondary N) is 1. The molecule has 0 spiro atoms. The van der Waals surface area contributed by atoms with E-state index in [1.165, 1.54) is 0 Å². The van der Waals surface area contributed by atoms with E-state index in [9.17, 15) is 24.6 Å². The molecular formula is C17H18N2O6. The van der Waals surface area contributed by atoms with E-state index in [2.05, 4.69) is 4.98 Å². The maximum Gasteiger partial charge on any atom is 0.342 e. The molecule has 8 heteroatoms. The molecule has 0 amide bonds. The molecule has 132 valence electrons. The van der Waals surface area contributed by atoms with Gasteiger partial charge >= 0.3 is 11.9 Å². The van der Waals surface area contributed by atoms with E-state index in [4.69, 9.17) is 10.5 Å². The van der Waals surface area contributed by atoms with Crippen LogP contribution in [0.5, 0.6) is 5.75 Å². The third kappa shape index (κ3) is 3.18. The summed E-state index contributed by atoms with van der Waals surface area (Å²) in [5, 5.41) is 18.9. The van der Waals surface area contributed by atoms with Crippen molar-refractivity contribution in [3.8, 4) is 16.9 Å². The van der Waals surface area contributed by atoms with Gasteiger partial charge in [-0.3, -0.25) is 4.79 Å². The predicted octanol–water partition coefficient (Wildman–Crippen LogP) is 2.04. The van der Waals surface area contributed by atoms with Crippen LogP contribution in [-0.2, 0) is 0 Å². The standard InChI is InChI=1S/C17H18N2O6/c1-4-25-13-7(2)5-9(6-8(13)3)10-11(16(21)22)14(18)19-15(20)12(10)17(23)24/h5-6H,4H2,1-3H3,(H,21,22)(H,23,24)(H3,18,19,20). The van der Waals surface area contributed by atoms with Crippen molar-refractivity contribution >= 4 is 17.8 Å². The fourth-order valence-corrected chi connectivity index (χ4v) is 2.80. The highest BCUT2D eigenvalue weighted by Crippen LogP contribution is 2.34. The van der Waals surface area contributed by atoms with Crippen LogP contribution in [0.2, 0.25) is 0 Å². The Morgan fingerprint density at radius 2 is 1.64 bits per heavy atom. The van der Waals surface area contributed by atoms with E-state index in [-0.39, 0.29) is 11.1 Å². The summed E-state index contributed by atoms with van der Waals surface area (Å²) in [4.78, 5) is 37.3. The number of pyridine rings is 1. The van der Waals surface area contributed by atoms with Crippen LogP contribution in [0.25, 0.3) is 11.1 Å². The number of rotatable bonds is 5. The van der Waals surface area contributed by atoms with Gasteiger partial charge in [0, 0.05) is 5.56 Å². The Morgan fingerprint density at radius 3 is 2.08 bits per heavy atom. The largest absolute Gasteiger partial charge is 0.493 e. The monoisotopic (exact) mass is 346 g/mol. The first kappa shape index (κ1) is 18.1. The second-order valence-corrected chi connectivity index (χ2v) is 5.48. The molecule has 0 unspecified atom stereocenters. The lowest BCUT2D eigenvalue weighted by Crippen LogP contribution is -2.24. The number of carboxylic acid groups (broad SMARTS) is 2. The Hall–Kier alpha value is -3.29. The van der Waals surface area contributed by atoms with Gasteiger partial charge in [0.15, 0.2) is 0 Å². The molecule has 0 aliphatic heterocycles. The Kier molecular flexibility index (Phi) is 4.82. The molecular weight excluding hydrogens is 328 g/mol. The molecule has 0 radical (unpaired) electrons. The lowest BCUT2D eigenvalue weighted by molar-refractivity contribution is 0.0695. The molecule has 8 nitrogen and oxygen atoms in total. The number of nitrogen functional groups attached to an aromatic ring is 1. The van der Waals surface area contributed by atoms with Crippen molar-refractivity contribution in [3.63, 3.8) is 0 Å². The van der Waals surface area contributed by atoms with E-state index in [1.54, 1.807) is 26.0 Å². The number of hydrogen-bond acceptors (Lipinski definition) is 5. The summed E-state index contributed by atoms with van der Waals surface area (Å²) in [7, 11) is 0. The van der Waals surface area contributed by atoms with Gasteiger partial charge in [-0.25, -0.2) is 9.59 Å². The smallest absolute Gasteiger partial charge is 0.342 e. The topological polar surface area (TPSA) is 143 Å². The maximum atomic E-state index is 12.1. The molecule has 0 aliphatic carbocycles. The molecule has 0 saturated heterocycles. The van der Waals surface area contributed by atoms with Crippen molar-refractivity contribution in [2.45, 2.75) is 20.8 Å². The van der Waals surface area contributed by atoms with Crippen molar-refractivity contribution in [1.82, 2.24) is 4.98 Å². The zero-order valence-electron chi connectivity index (χ0n) is 14.0. The molecule has 1 aromatic carbocycles. The van der Waals surface area contributed by atoms with E-state index in [0.29, 0.717) is 23.5 Å². The van der Waals surface area contributed by atoms with Gasteiger partial charge in [0.1, 0.15) is 22.7 Å². The summed E-state index contributed by atoms with van der Waals surface area (Å²) in [6.07, 6.45) is 0. The second kappa shape index (κ2) is 6.68. The first-order valence-corrected chi connectivity index (χ1v) is 7.45. The number of benzene rings is 1. The molecule has 0 atom stereocenters. The van der Waals surface area contributed by atoms with Crippen molar-refractivity contribution in [2.24, 2.45) is 0 Å². The first-order chi connectivity index (χ1) is 11.7. The van der Waals surface area contributed by atoms with Gasteiger partial charge in [0.05, 0.1) is 6.61 Å². The number of carbonyl (C=O) groups is 2. The van der Waals surface area contributed by atoms with E-state index in [1.807, 2.05) is 6.92 Å². The summed E-state index contributed by atoms with van der Waals surface area (Å²) in [6.45, 7) is 5.77. The van der Waals surface area contributed by atoms with Crippen molar-refractivity contribution in [3.05, 3.63) is 44.7 Å². The Morgan fingerprint density at radius 1 is 1.12 bits per heavy atom. The Bertz CT molecular complexity index is 906. The molecule has 1 heterocycles. The number of ether oxygens (including phenoxy) is 1. The highest BCUT2D eigenvalue weighted by Gasteiger charge is 2.27. The SMILES string of the molecule is CCOc1c(C)cc(-c2c(C(=O)O)c(N)[nH]c(=O)c2C(=O)O)cc1C. The Labute approximate surface area is 142 Å². The van der Waals surface area contributed by atoms with Crippen LogP contribution in [-0.4, -0.2) is 33.7 Å². The molecule has 2 aromatic rings. The number of aryl methyl sites for hydroxylation is 2. The number of H-pyrrole nitrogens is 1. The van der Waals surface area contributed by atoms with Crippen molar-refractivity contribution in [1.29, 1.82) is 0 Å².